The Morgan fingerprint density at radius 2 is 1.84 bits per heavy atom. The van der Waals surface area contributed by atoms with Crippen LogP contribution in [0.3, 0.4) is 0 Å². The van der Waals surface area contributed by atoms with Crippen LogP contribution in [-0.4, -0.2) is 34.0 Å². The number of hydrogen-bond acceptors (Lipinski definition) is 4. The molecule has 1 N–H and O–H groups in total. The smallest absolute Gasteiger partial charge is 0.230 e. The second kappa shape index (κ2) is 8.51. The number of oxime groups is 1. The molecular formula is C20H25N3O2. The first-order valence-corrected chi connectivity index (χ1v) is 9.01. The van der Waals surface area contributed by atoms with Crippen LogP contribution in [0.25, 0.3) is 0 Å². The molecular weight excluding hydrogens is 314 g/mol. The number of likely N-dealkylation sites (tertiary alicyclic amines) is 1. The highest BCUT2D eigenvalue weighted by Crippen LogP contribution is 2.25. The maximum Gasteiger partial charge on any atom is 0.230 e. The Hall–Kier alpha value is -2.56. The van der Waals surface area contributed by atoms with E-state index in [0.29, 0.717) is 17.3 Å². The number of ether oxygens (including phenoxy) is 1. The lowest BCUT2D eigenvalue weighted by Gasteiger charge is -2.24. The number of aryl methyl sites for hydroxylation is 1. The SMILES string of the molecule is CCc1ccc(Oc2ncccc2/C(=N/O)N2CCCCCC2)cc1. The van der Waals surface area contributed by atoms with E-state index in [0.717, 1.165) is 38.1 Å². The Labute approximate surface area is 149 Å². The van der Waals surface area contributed by atoms with Crippen LogP contribution in [0.2, 0.25) is 0 Å². The van der Waals surface area contributed by atoms with Crippen LogP contribution in [-0.2, 0) is 6.42 Å². The van der Waals surface area contributed by atoms with E-state index >= 15 is 0 Å². The lowest BCUT2D eigenvalue weighted by Crippen LogP contribution is -2.33. The van der Waals surface area contributed by atoms with Gasteiger partial charge >= 0.3 is 0 Å². The number of hydrogen-bond donors (Lipinski definition) is 1. The van der Waals surface area contributed by atoms with Gasteiger partial charge in [0.15, 0.2) is 5.84 Å². The molecule has 0 bridgehead atoms. The van der Waals surface area contributed by atoms with Crippen molar-refractivity contribution in [1.29, 1.82) is 0 Å². The number of amidine groups is 1. The Morgan fingerprint density at radius 1 is 1.12 bits per heavy atom. The molecule has 1 fully saturated rings. The summed E-state index contributed by atoms with van der Waals surface area (Å²) in [5.74, 6) is 1.73. The summed E-state index contributed by atoms with van der Waals surface area (Å²) < 4.78 is 5.98. The van der Waals surface area contributed by atoms with E-state index in [9.17, 15) is 5.21 Å². The van der Waals surface area contributed by atoms with E-state index < -0.39 is 0 Å². The summed E-state index contributed by atoms with van der Waals surface area (Å²) in [6, 6.07) is 11.7. The minimum Gasteiger partial charge on any atom is -0.438 e. The molecule has 0 unspecified atom stereocenters. The fourth-order valence-electron chi connectivity index (χ4n) is 3.12. The third-order valence-electron chi connectivity index (χ3n) is 4.56. The topological polar surface area (TPSA) is 58.0 Å². The number of aromatic nitrogens is 1. The number of rotatable bonds is 4. The zero-order valence-electron chi connectivity index (χ0n) is 14.7. The van der Waals surface area contributed by atoms with Crippen molar-refractivity contribution in [2.24, 2.45) is 5.16 Å². The first kappa shape index (κ1) is 17.3. The second-order valence-electron chi connectivity index (χ2n) is 6.28. The molecule has 0 aliphatic carbocycles. The minimum absolute atomic E-state index is 0.462. The van der Waals surface area contributed by atoms with Crippen LogP contribution in [0.5, 0.6) is 11.6 Å². The summed E-state index contributed by atoms with van der Waals surface area (Å²) in [4.78, 5) is 6.48. The highest BCUT2D eigenvalue weighted by Gasteiger charge is 2.20. The number of pyridine rings is 1. The molecule has 1 aliphatic rings. The lowest BCUT2D eigenvalue weighted by molar-refractivity contribution is 0.301. The number of benzene rings is 1. The third-order valence-corrected chi connectivity index (χ3v) is 4.56. The van der Waals surface area contributed by atoms with Gasteiger partial charge in [-0.05, 0) is 49.1 Å². The second-order valence-corrected chi connectivity index (χ2v) is 6.28. The predicted octanol–water partition coefficient (Wildman–Crippen LogP) is 4.45. The van der Waals surface area contributed by atoms with Crippen LogP contribution in [0.1, 0.15) is 43.7 Å². The molecule has 0 amide bonds. The highest BCUT2D eigenvalue weighted by atomic mass is 16.5. The quantitative estimate of drug-likeness (QED) is 0.387. The zero-order chi connectivity index (χ0) is 17.5. The Morgan fingerprint density at radius 3 is 2.48 bits per heavy atom. The third kappa shape index (κ3) is 4.29. The molecule has 3 rings (SSSR count). The standard InChI is InChI=1S/C20H25N3O2/c1-2-16-9-11-17(12-10-16)25-20-18(8-7-13-21-20)19(22-24)23-14-5-3-4-6-15-23/h7-13,24H,2-6,14-15H2,1H3/b22-19-. The molecule has 0 saturated carbocycles. The van der Waals surface area contributed by atoms with Gasteiger partial charge in [-0.2, -0.15) is 0 Å². The average Bonchev–Trinajstić information content (AvgIpc) is 2.94. The van der Waals surface area contributed by atoms with Crippen LogP contribution < -0.4 is 4.74 Å². The van der Waals surface area contributed by atoms with E-state index in [1.807, 2.05) is 36.4 Å². The van der Waals surface area contributed by atoms with Gasteiger partial charge < -0.3 is 14.8 Å². The van der Waals surface area contributed by atoms with Crippen molar-refractivity contribution in [3.63, 3.8) is 0 Å². The summed E-state index contributed by atoms with van der Waals surface area (Å²) in [6.07, 6.45) is 7.33. The van der Waals surface area contributed by atoms with Crippen LogP contribution in [0.15, 0.2) is 47.8 Å². The first-order chi connectivity index (χ1) is 12.3. The molecule has 2 aromatic rings. The molecule has 5 nitrogen and oxygen atoms in total. The van der Waals surface area contributed by atoms with Gasteiger partial charge in [0.25, 0.3) is 0 Å². The summed E-state index contributed by atoms with van der Waals surface area (Å²) in [5, 5.41) is 13.2. The lowest BCUT2D eigenvalue weighted by atomic mass is 10.2. The van der Waals surface area contributed by atoms with Gasteiger partial charge in [-0.15, -0.1) is 0 Å². The Balaban J connectivity index is 1.85. The predicted molar refractivity (Wildman–Crippen MR) is 98.5 cm³/mol. The molecule has 1 aromatic heterocycles. The number of nitrogens with zero attached hydrogens (tertiary/aromatic N) is 3. The molecule has 1 aromatic carbocycles. The molecule has 132 valence electrons. The monoisotopic (exact) mass is 339 g/mol. The van der Waals surface area contributed by atoms with Gasteiger partial charge in [-0.1, -0.05) is 37.1 Å². The molecule has 25 heavy (non-hydrogen) atoms. The summed E-state index contributed by atoms with van der Waals surface area (Å²) in [6.45, 7) is 3.90. The molecule has 1 saturated heterocycles. The van der Waals surface area contributed by atoms with Gasteiger partial charge in [-0.25, -0.2) is 4.98 Å². The minimum atomic E-state index is 0.462. The van der Waals surface area contributed by atoms with Gasteiger partial charge in [0.1, 0.15) is 5.75 Å². The summed E-state index contributed by atoms with van der Waals surface area (Å²) >= 11 is 0. The van der Waals surface area contributed by atoms with Crippen LogP contribution >= 0.6 is 0 Å². The molecule has 1 aliphatic heterocycles. The van der Waals surface area contributed by atoms with Crippen molar-refractivity contribution in [1.82, 2.24) is 9.88 Å². The van der Waals surface area contributed by atoms with Crippen molar-refractivity contribution < 1.29 is 9.94 Å². The van der Waals surface area contributed by atoms with Crippen molar-refractivity contribution in [3.8, 4) is 11.6 Å². The average molecular weight is 339 g/mol. The summed E-state index contributed by atoms with van der Waals surface area (Å²) in [5.41, 5.74) is 1.97. The van der Waals surface area contributed by atoms with Crippen molar-refractivity contribution in [2.45, 2.75) is 39.0 Å². The Bertz CT molecular complexity index is 705. The molecule has 2 heterocycles. The summed E-state index contributed by atoms with van der Waals surface area (Å²) in [7, 11) is 0. The van der Waals surface area contributed by atoms with Gasteiger partial charge in [0.2, 0.25) is 5.88 Å². The van der Waals surface area contributed by atoms with Gasteiger partial charge in [0, 0.05) is 19.3 Å². The molecule has 0 spiro atoms. The van der Waals surface area contributed by atoms with Crippen molar-refractivity contribution in [2.75, 3.05) is 13.1 Å². The van der Waals surface area contributed by atoms with Crippen LogP contribution in [0, 0.1) is 0 Å². The largest absolute Gasteiger partial charge is 0.438 e. The van der Waals surface area contributed by atoms with E-state index in [2.05, 4.69) is 22.0 Å². The first-order valence-electron chi connectivity index (χ1n) is 9.01. The van der Waals surface area contributed by atoms with Crippen LogP contribution in [0.4, 0.5) is 0 Å². The van der Waals surface area contributed by atoms with Gasteiger partial charge in [-0.3, -0.25) is 0 Å². The fourth-order valence-corrected chi connectivity index (χ4v) is 3.12. The molecule has 0 radical (unpaired) electrons. The van der Waals surface area contributed by atoms with E-state index in [4.69, 9.17) is 4.74 Å². The Kier molecular flexibility index (Phi) is 5.88. The van der Waals surface area contributed by atoms with Crippen molar-refractivity contribution >= 4 is 5.84 Å². The molecule has 5 heteroatoms. The molecule has 0 atom stereocenters. The highest BCUT2D eigenvalue weighted by molar-refractivity contribution is 6.00. The maximum absolute atomic E-state index is 9.65. The normalized spacial score (nSPS) is 15.7. The van der Waals surface area contributed by atoms with E-state index in [1.165, 1.54) is 18.4 Å². The van der Waals surface area contributed by atoms with Gasteiger partial charge in [0.05, 0.1) is 5.56 Å². The van der Waals surface area contributed by atoms with E-state index in [-0.39, 0.29) is 0 Å². The fraction of sp³-hybridized carbons (Fsp3) is 0.400. The maximum atomic E-state index is 9.65. The van der Waals surface area contributed by atoms with E-state index in [1.54, 1.807) is 6.20 Å². The van der Waals surface area contributed by atoms with Crippen molar-refractivity contribution in [3.05, 3.63) is 53.7 Å². The zero-order valence-corrected chi connectivity index (χ0v) is 14.7.